The second-order valence-corrected chi connectivity index (χ2v) is 8.42. The lowest BCUT2D eigenvalue weighted by atomic mass is 10.1. The molecule has 0 atom stereocenters. The van der Waals surface area contributed by atoms with Gasteiger partial charge in [-0.2, -0.15) is 13.2 Å². The number of nitrogens with one attached hydrogen (secondary N) is 1. The van der Waals surface area contributed by atoms with Gasteiger partial charge in [0, 0.05) is 36.9 Å². The fourth-order valence-corrected chi connectivity index (χ4v) is 4.34. The number of anilines is 2. The number of halogens is 3. The minimum atomic E-state index is -4.38. The van der Waals surface area contributed by atoms with Crippen molar-refractivity contribution in [2.75, 3.05) is 23.3 Å². The molecule has 0 unspecified atom stereocenters. The van der Waals surface area contributed by atoms with Gasteiger partial charge in [0.2, 0.25) is 5.91 Å². The summed E-state index contributed by atoms with van der Waals surface area (Å²) in [5, 5.41) is 2.95. The maximum atomic E-state index is 13.0. The van der Waals surface area contributed by atoms with Gasteiger partial charge in [0.05, 0.1) is 5.56 Å². The van der Waals surface area contributed by atoms with Gasteiger partial charge < -0.3 is 10.2 Å². The third-order valence-corrected chi connectivity index (χ3v) is 6.14. The highest BCUT2D eigenvalue weighted by Gasteiger charge is 2.31. The van der Waals surface area contributed by atoms with Crippen LogP contribution in [-0.4, -0.2) is 29.9 Å². The first kappa shape index (κ1) is 22.2. The Morgan fingerprint density at radius 1 is 0.938 bits per heavy atom. The van der Waals surface area contributed by atoms with Crippen molar-refractivity contribution in [3.63, 3.8) is 0 Å². The van der Waals surface area contributed by atoms with Gasteiger partial charge >= 0.3 is 12.2 Å². The Labute approximate surface area is 185 Å². The smallest absolute Gasteiger partial charge is 0.326 e. The molecule has 0 bridgehead atoms. The van der Waals surface area contributed by atoms with E-state index in [1.54, 1.807) is 21.9 Å². The Morgan fingerprint density at radius 2 is 1.59 bits per heavy atom. The van der Waals surface area contributed by atoms with E-state index in [2.05, 4.69) is 5.32 Å². The Bertz CT molecular complexity index is 952. The summed E-state index contributed by atoms with van der Waals surface area (Å²) < 4.78 is 38.3. The lowest BCUT2D eigenvalue weighted by molar-refractivity contribution is -0.137. The molecule has 2 fully saturated rings. The van der Waals surface area contributed by atoms with E-state index in [1.807, 2.05) is 12.1 Å². The van der Waals surface area contributed by atoms with Crippen molar-refractivity contribution in [3.05, 3.63) is 59.7 Å². The summed E-state index contributed by atoms with van der Waals surface area (Å²) in [6.07, 6.45) is 0.432. The van der Waals surface area contributed by atoms with Crippen LogP contribution in [-0.2, 0) is 17.5 Å². The lowest BCUT2D eigenvalue weighted by Crippen LogP contribution is -2.49. The zero-order valence-electron chi connectivity index (χ0n) is 17.7. The Morgan fingerprint density at radius 3 is 2.22 bits per heavy atom. The number of benzene rings is 2. The third-order valence-electron chi connectivity index (χ3n) is 6.14. The van der Waals surface area contributed by atoms with Gasteiger partial charge in [-0.15, -0.1) is 0 Å². The minimum Gasteiger partial charge on any atom is -0.326 e. The topological polar surface area (TPSA) is 52.7 Å². The standard InChI is InChI=1S/C24H26F3N3O2/c25-24(26,27)19-8-6-17(7-9-19)16-29-14-3-15-30(23(29)32)21-12-10-20(11-13-21)28-22(31)18-4-1-2-5-18/h6-13,18H,1-5,14-16H2,(H,28,31). The van der Waals surface area contributed by atoms with E-state index in [4.69, 9.17) is 0 Å². The van der Waals surface area contributed by atoms with E-state index in [-0.39, 0.29) is 24.4 Å². The van der Waals surface area contributed by atoms with E-state index in [0.717, 1.165) is 49.9 Å². The molecule has 0 radical (unpaired) electrons. The second-order valence-electron chi connectivity index (χ2n) is 8.42. The second kappa shape index (κ2) is 9.22. The molecule has 1 heterocycles. The third kappa shape index (κ3) is 5.06. The number of hydrogen-bond donors (Lipinski definition) is 1. The van der Waals surface area contributed by atoms with Gasteiger partial charge in [-0.3, -0.25) is 9.69 Å². The van der Waals surface area contributed by atoms with Crippen LogP contribution in [0.25, 0.3) is 0 Å². The van der Waals surface area contributed by atoms with Crippen molar-refractivity contribution in [2.45, 2.75) is 44.8 Å². The van der Waals surface area contributed by atoms with Crippen LogP contribution in [0.2, 0.25) is 0 Å². The highest BCUT2D eigenvalue weighted by molar-refractivity contribution is 5.95. The van der Waals surface area contributed by atoms with E-state index < -0.39 is 11.7 Å². The molecule has 1 N–H and O–H groups in total. The Kier molecular flexibility index (Phi) is 6.39. The van der Waals surface area contributed by atoms with E-state index >= 15 is 0 Å². The number of carbonyl (C=O) groups excluding carboxylic acids is 2. The molecule has 1 aliphatic carbocycles. The largest absolute Gasteiger partial charge is 0.416 e. The monoisotopic (exact) mass is 445 g/mol. The summed E-state index contributed by atoms with van der Waals surface area (Å²) in [5.41, 5.74) is 1.38. The molecule has 1 saturated carbocycles. The molecule has 2 aromatic carbocycles. The number of rotatable bonds is 5. The van der Waals surface area contributed by atoms with Gasteiger partial charge in [-0.05, 0) is 61.2 Å². The zero-order chi connectivity index (χ0) is 22.7. The molecule has 5 nitrogen and oxygen atoms in total. The van der Waals surface area contributed by atoms with Crippen LogP contribution < -0.4 is 10.2 Å². The minimum absolute atomic E-state index is 0.0482. The van der Waals surface area contributed by atoms with Gasteiger partial charge in [0.25, 0.3) is 0 Å². The van der Waals surface area contributed by atoms with Crippen molar-refractivity contribution in [1.82, 2.24) is 4.90 Å². The summed E-state index contributed by atoms with van der Waals surface area (Å²) in [6.45, 7) is 1.37. The van der Waals surface area contributed by atoms with Crippen LogP contribution >= 0.6 is 0 Å². The molecular weight excluding hydrogens is 419 g/mol. The van der Waals surface area contributed by atoms with Crippen LogP contribution in [0.4, 0.5) is 29.3 Å². The highest BCUT2D eigenvalue weighted by atomic mass is 19.4. The lowest BCUT2D eigenvalue weighted by Gasteiger charge is -2.35. The predicted molar refractivity (Wildman–Crippen MR) is 116 cm³/mol. The van der Waals surface area contributed by atoms with Gasteiger partial charge in [0.15, 0.2) is 0 Å². The molecule has 8 heteroatoms. The first-order chi connectivity index (χ1) is 15.3. The molecule has 1 saturated heterocycles. The van der Waals surface area contributed by atoms with Gasteiger partial charge in [0.1, 0.15) is 0 Å². The summed E-state index contributed by atoms with van der Waals surface area (Å²) in [5.74, 6) is 0.129. The van der Waals surface area contributed by atoms with Crippen molar-refractivity contribution in [3.8, 4) is 0 Å². The van der Waals surface area contributed by atoms with Crippen LogP contribution in [0.1, 0.15) is 43.2 Å². The van der Waals surface area contributed by atoms with Crippen LogP contribution in [0.15, 0.2) is 48.5 Å². The molecule has 2 aliphatic rings. The zero-order valence-corrected chi connectivity index (χ0v) is 17.7. The van der Waals surface area contributed by atoms with Crippen molar-refractivity contribution < 1.29 is 22.8 Å². The summed E-state index contributed by atoms with van der Waals surface area (Å²) in [4.78, 5) is 28.6. The van der Waals surface area contributed by atoms with Gasteiger partial charge in [-0.1, -0.05) is 25.0 Å². The normalized spacial score (nSPS) is 17.7. The molecule has 4 rings (SSSR count). The van der Waals surface area contributed by atoms with Crippen molar-refractivity contribution in [1.29, 1.82) is 0 Å². The number of carbonyl (C=O) groups is 2. The fourth-order valence-electron chi connectivity index (χ4n) is 4.34. The van der Waals surface area contributed by atoms with Crippen LogP contribution in [0.5, 0.6) is 0 Å². The van der Waals surface area contributed by atoms with E-state index in [1.165, 1.54) is 12.1 Å². The highest BCUT2D eigenvalue weighted by Crippen LogP contribution is 2.30. The summed E-state index contributed by atoms with van der Waals surface area (Å²) in [7, 11) is 0. The Hall–Kier alpha value is -3.03. The molecule has 1 aliphatic heterocycles. The molecule has 170 valence electrons. The SMILES string of the molecule is O=C(Nc1ccc(N2CCCN(Cc3ccc(C(F)(F)F)cc3)C2=O)cc1)C1CCCC1. The molecule has 0 spiro atoms. The maximum absolute atomic E-state index is 13.0. The summed E-state index contributed by atoms with van der Waals surface area (Å²) >= 11 is 0. The molecular formula is C24H26F3N3O2. The van der Waals surface area contributed by atoms with Crippen LogP contribution in [0, 0.1) is 5.92 Å². The number of nitrogens with zero attached hydrogens (tertiary/aromatic N) is 2. The first-order valence-corrected chi connectivity index (χ1v) is 10.9. The van der Waals surface area contributed by atoms with Crippen molar-refractivity contribution >= 4 is 23.3 Å². The fraction of sp³-hybridized carbons (Fsp3) is 0.417. The molecule has 3 amide bonds. The first-order valence-electron chi connectivity index (χ1n) is 10.9. The molecule has 32 heavy (non-hydrogen) atoms. The number of urea groups is 1. The maximum Gasteiger partial charge on any atom is 0.416 e. The van der Waals surface area contributed by atoms with Crippen LogP contribution in [0.3, 0.4) is 0 Å². The average molecular weight is 445 g/mol. The Balaban J connectivity index is 1.38. The van der Waals surface area contributed by atoms with Gasteiger partial charge in [-0.25, -0.2) is 4.79 Å². The molecule has 2 aromatic rings. The molecule has 0 aromatic heterocycles. The number of hydrogen-bond acceptors (Lipinski definition) is 2. The van der Waals surface area contributed by atoms with E-state index in [9.17, 15) is 22.8 Å². The predicted octanol–water partition coefficient (Wildman–Crippen LogP) is 5.67. The van der Waals surface area contributed by atoms with Crippen molar-refractivity contribution in [2.24, 2.45) is 5.92 Å². The van der Waals surface area contributed by atoms with E-state index in [0.29, 0.717) is 24.3 Å². The average Bonchev–Trinajstić information content (AvgIpc) is 3.31. The number of alkyl halides is 3. The summed E-state index contributed by atoms with van der Waals surface area (Å²) in [6, 6.07) is 11.9. The number of amides is 3. The quantitative estimate of drug-likeness (QED) is 0.645.